The monoisotopic (exact) mass is 290 g/mol. The molecular weight excluding hydrogens is 272 g/mol. The highest BCUT2D eigenvalue weighted by Gasteiger charge is 2.07. The van der Waals surface area contributed by atoms with E-state index in [0.717, 1.165) is 29.8 Å². The number of rotatable bonds is 6. The van der Waals surface area contributed by atoms with Crippen molar-refractivity contribution in [1.29, 1.82) is 0 Å². The number of hydrogen-bond acceptors (Lipinski definition) is 3. The maximum absolute atomic E-state index is 6.02. The molecule has 0 aliphatic heterocycles. The van der Waals surface area contributed by atoms with E-state index in [2.05, 4.69) is 4.98 Å². The molecule has 0 amide bonds. The maximum atomic E-state index is 6.02. The summed E-state index contributed by atoms with van der Waals surface area (Å²) >= 11 is 6.02. The van der Waals surface area contributed by atoms with Gasteiger partial charge in [-0.1, -0.05) is 17.7 Å². The van der Waals surface area contributed by atoms with Crippen molar-refractivity contribution in [3.05, 3.63) is 58.9 Å². The number of halogens is 1. The molecule has 1 aromatic heterocycles. The van der Waals surface area contributed by atoms with E-state index in [4.69, 9.17) is 22.1 Å². The number of nitrogens with zero attached hydrogens (tertiary/aromatic N) is 1. The van der Waals surface area contributed by atoms with Crippen molar-refractivity contribution in [3.8, 4) is 5.75 Å². The van der Waals surface area contributed by atoms with Gasteiger partial charge in [0, 0.05) is 29.4 Å². The first-order valence-corrected chi connectivity index (χ1v) is 7.09. The summed E-state index contributed by atoms with van der Waals surface area (Å²) in [5, 5.41) is 0.706. The number of hydrogen-bond donors (Lipinski definition) is 1. The van der Waals surface area contributed by atoms with Gasteiger partial charge in [0.1, 0.15) is 5.75 Å². The second-order valence-electron chi connectivity index (χ2n) is 4.85. The molecule has 0 fully saturated rings. The highest BCUT2D eigenvalue weighted by molar-refractivity contribution is 6.30. The number of aromatic nitrogens is 1. The molecule has 106 valence electrons. The Hall–Kier alpha value is -1.58. The quantitative estimate of drug-likeness (QED) is 0.888. The molecule has 1 atom stereocenters. The Morgan fingerprint density at radius 2 is 2.15 bits per heavy atom. The van der Waals surface area contributed by atoms with Crippen LogP contribution in [0.3, 0.4) is 0 Å². The van der Waals surface area contributed by atoms with E-state index in [0.29, 0.717) is 11.6 Å². The lowest BCUT2D eigenvalue weighted by molar-refractivity contribution is 0.316. The van der Waals surface area contributed by atoms with E-state index in [1.807, 2.05) is 43.3 Å². The Bertz CT molecular complexity index is 543. The van der Waals surface area contributed by atoms with Gasteiger partial charge in [-0.3, -0.25) is 4.98 Å². The van der Waals surface area contributed by atoms with Crippen LogP contribution < -0.4 is 10.5 Å². The fourth-order valence-electron chi connectivity index (χ4n) is 2.01. The molecule has 0 bridgehead atoms. The van der Waals surface area contributed by atoms with Crippen LogP contribution in [0.2, 0.25) is 5.02 Å². The summed E-state index contributed by atoms with van der Waals surface area (Å²) in [6.45, 7) is 2.56. The molecule has 1 heterocycles. The summed E-state index contributed by atoms with van der Waals surface area (Å²) in [5.41, 5.74) is 7.93. The predicted molar refractivity (Wildman–Crippen MR) is 82.2 cm³/mol. The first-order valence-electron chi connectivity index (χ1n) is 6.72. The van der Waals surface area contributed by atoms with Gasteiger partial charge in [-0.2, -0.15) is 0 Å². The summed E-state index contributed by atoms with van der Waals surface area (Å²) < 4.78 is 5.84. The molecule has 2 N–H and O–H groups in total. The van der Waals surface area contributed by atoms with Crippen molar-refractivity contribution >= 4 is 11.6 Å². The van der Waals surface area contributed by atoms with Crippen LogP contribution in [-0.4, -0.2) is 17.6 Å². The second-order valence-corrected chi connectivity index (χ2v) is 5.29. The van der Waals surface area contributed by atoms with Gasteiger partial charge in [0.15, 0.2) is 0 Å². The Labute approximate surface area is 124 Å². The zero-order chi connectivity index (χ0) is 14.4. The Balaban J connectivity index is 1.98. The van der Waals surface area contributed by atoms with Crippen LogP contribution in [0, 0.1) is 0 Å². The molecule has 0 saturated heterocycles. The summed E-state index contributed by atoms with van der Waals surface area (Å²) in [6, 6.07) is 11.6. The van der Waals surface area contributed by atoms with Crippen molar-refractivity contribution in [3.63, 3.8) is 0 Å². The van der Waals surface area contributed by atoms with Crippen LogP contribution >= 0.6 is 11.6 Å². The minimum atomic E-state index is 0.0756. The molecule has 20 heavy (non-hydrogen) atoms. The minimum absolute atomic E-state index is 0.0756. The van der Waals surface area contributed by atoms with E-state index in [1.54, 1.807) is 6.20 Å². The van der Waals surface area contributed by atoms with E-state index in [9.17, 15) is 0 Å². The van der Waals surface area contributed by atoms with E-state index in [1.165, 1.54) is 0 Å². The third kappa shape index (κ3) is 4.51. The first kappa shape index (κ1) is 14.8. The van der Waals surface area contributed by atoms with Crippen LogP contribution in [0.25, 0.3) is 0 Å². The molecule has 1 aromatic carbocycles. The van der Waals surface area contributed by atoms with Gasteiger partial charge in [0.2, 0.25) is 0 Å². The molecule has 0 saturated carbocycles. The molecule has 3 nitrogen and oxygen atoms in total. The zero-order valence-corrected chi connectivity index (χ0v) is 12.3. The van der Waals surface area contributed by atoms with Gasteiger partial charge in [-0.25, -0.2) is 0 Å². The zero-order valence-electron chi connectivity index (χ0n) is 11.6. The number of pyridine rings is 1. The Morgan fingerprint density at radius 1 is 1.30 bits per heavy atom. The number of benzene rings is 1. The van der Waals surface area contributed by atoms with Crippen molar-refractivity contribution in [1.82, 2.24) is 4.98 Å². The molecule has 0 spiro atoms. The van der Waals surface area contributed by atoms with Crippen molar-refractivity contribution < 1.29 is 4.74 Å². The van der Waals surface area contributed by atoms with E-state index < -0.39 is 0 Å². The smallest absolute Gasteiger partial charge is 0.122 e. The lowest BCUT2D eigenvalue weighted by Crippen LogP contribution is -2.18. The molecular formula is C16H19ClN2O. The Morgan fingerprint density at radius 3 is 2.85 bits per heavy atom. The Kier molecular flexibility index (Phi) is 5.39. The third-order valence-electron chi connectivity index (χ3n) is 2.91. The normalized spacial score (nSPS) is 12.2. The molecule has 1 unspecified atom stereocenters. The standard InChI is InChI=1S/C16H19ClN2O/c1-12(18)10-13-11-14(17)5-6-16(13)20-9-7-15-4-2-3-8-19-15/h2-6,8,11-12H,7,9-10,18H2,1H3. The maximum Gasteiger partial charge on any atom is 0.122 e. The fraction of sp³-hybridized carbons (Fsp3) is 0.312. The number of ether oxygens (including phenoxy) is 1. The van der Waals surface area contributed by atoms with Gasteiger partial charge in [-0.15, -0.1) is 0 Å². The summed E-state index contributed by atoms with van der Waals surface area (Å²) in [5.74, 6) is 0.850. The lowest BCUT2D eigenvalue weighted by Gasteiger charge is -2.13. The van der Waals surface area contributed by atoms with Gasteiger partial charge in [-0.05, 0) is 49.2 Å². The minimum Gasteiger partial charge on any atom is -0.493 e. The van der Waals surface area contributed by atoms with Crippen molar-refractivity contribution in [2.24, 2.45) is 5.73 Å². The highest BCUT2D eigenvalue weighted by Crippen LogP contribution is 2.24. The van der Waals surface area contributed by atoms with Gasteiger partial charge in [0.05, 0.1) is 6.61 Å². The molecule has 4 heteroatoms. The van der Waals surface area contributed by atoms with E-state index in [-0.39, 0.29) is 6.04 Å². The average molecular weight is 291 g/mol. The predicted octanol–water partition coefficient (Wildman–Crippen LogP) is 3.25. The first-order chi connectivity index (χ1) is 9.65. The largest absolute Gasteiger partial charge is 0.493 e. The van der Waals surface area contributed by atoms with Crippen LogP contribution in [0.1, 0.15) is 18.2 Å². The fourth-order valence-corrected chi connectivity index (χ4v) is 2.20. The topological polar surface area (TPSA) is 48.1 Å². The van der Waals surface area contributed by atoms with Gasteiger partial charge in [0.25, 0.3) is 0 Å². The average Bonchev–Trinajstić information content (AvgIpc) is 2.42. The lowest BCUT2D eigenvalue weighted by atomic mass is 10.1. The van der Waals surface area contributed by atoms with Gasteiger partial charge < -0.3 is 10.5 Å². The summed E-state index contributed by atoms with van der Waals surface area (Å²) in [4.78, 5) is 4.27. The SMILES string of the molecule is CC(N)Cc1cc(Cl)ccc1OCCc1ccccn1. The third-order valence-corrected chi connectivity index (χ3v) is 3.14. The highest BCUT2D eigenvalue weighted by atomic mass is 35.5. The second kappa shape index (κ2) is 7.27. The molecule has 2 aromatic rings. The van der Waals surface area contributed by atoms with E-state index >= 15 is 0 Å². The van der Waals surface area contributed by atoms with Gasteiger partial charge >= 0.3 is 0 Å². The van der Waals surface area contributed by atoms with Crippen LogP contribution in [0.4, 0.5) is 0 Å². The molecule has 2 rings (SSSR count). The van der Waals surface area contributed by atoms with Crippen molar-refractivity contribution in [2.45, 2.75) is 25.8 Å². The summed E-state index contributed by atoms with van der Waals surface area (Å²) in [6.07, 6.45) is 3.32. The van der Waals surface area contributed by atoms with Crippen LogP contribution in [0.5, 0.6) is 5.75 Å². The number of nitrogens with two attached hydrogens (primary N) is 1. The summed E-state index contributed by atoms with van der Waals surface area (Å²) in [7, 11) is 0. The van der Waals surface area contributed by atoms with Crippen LogP contribution in [0.15, 0.2) is 42.6 Å². The molecule has 0 radical (unpaired) electrons. The van der Waals surface area contributed by atoms with Crippen molar-refractivity contribution in [2.75, 3.05) is 6.61 Å². The molecule has 0 aliphatic rings. The molecule has 0 aliphatic carbocycles. The van der Waals surface area contributed by atoms with Crippen LogP contribution in [-0.2, 0) is 12.8 Å².